The van der Waals surface area contributed by atoms with Gasteiger partial charge in [-0.2, -0.15) is 0 Å². The Kier molecular flexibility index (Phi) is 4.95. The van der Waals surface area contributed by atoms with Gasteiger partial charge < -0.3 is 4.74 Å². The number of hydrogen-bond donors (Lipinski definition) is 2. The fourth-order valence-corrected chi connectivity index (χ4v) is 2.81. The van der Waals surface area contributed by atoms with Gasteiger partial charge in [0.15, 0.2) is 9.84 Å². The summed E-state index contributed by atoms with van der Waals surface area (Å²) in [5.41, 5.74) is 5.38. The molecule has 1 rings (SSSR count). The third kappa shape index (κ3) is 3.46. The minimum Gasteiger partial charge on any atom is -0.496 e. The SMILES string of the molecule is COc1cc(C)c(C(NN)C(C)S(C)(=O)=O)cc1C. The average molecular weight is 286 g/mol. The van der Waals surface area contributed by atoms with E-state index in [9.17, 15) is 8.42 Å². The molecule has 19 heavy (non-hydrogen) atoms. The molecule has 108 valence electrons. The van der Waals surface area contributed by atoms with E-state index in [0.717, 1.165) is 22.4 Å². The predicted octanol–water partition coefficient (Wildman–Crippen LogP) is 1.25. The summed E-state index contributed by atoms with van der Waals surface area (Å²) in [4.78, 5) is 0. The lowest BCUT2D eigenvalue weighted by Crippen LogP contribution is -2.39. The lowest BCUT2D eigenvalue weighted by Gasteiger charge is -2.25. The summed E-state index contributed by atoms with van der Waals surface area (Å²) in [6.45, 7) is 5.48. The zero-order valence-electron chi connectivity index (χ0n) is 12.0. The Bertz CT molecular complexity index is 555. The molecule has 5 nitrogen and oxygen atoms in total. The van der Waals surface area contributed by atoms with Crippen molar-refractivity contribution in [3.63, 3.8) is 0 Å². The Hall–Kier alpha value is -1.11. The van der Waals surface area contributed by atoms with Gasteiger partial charge in [-0.05, 0) is 43.5 Å². The van der Waals surface area contributed by atoms with Crippen LogP contribution in [0.3, 0.4) is 0 Å². The van der Waals surface area contributed by atoms with E-state index in [-0.39, 0.29) is 0 Å². The monoisotopic (exact) mass is 286 g/mol. The first-order valence-corrected chi connectivity index (χ1v) is 7.98. The molecule has 0 amide bonds. The quantitative estimate of drug-likeness (QED) is 0.629. The van der Waals surface area contributed by atoms with Gasteiger partial charge in [-0.3, -0.25) is 11.3 Å². The van der Waals surface area contributed by atoms with E-state index >= 15 is 0 Å². The lowest BCUT2D eigenvalue weighted by atomic mass is 9.97. The van der Waals surface area contributed by atoms with Crippen LogP contribution in [0, 0.1) is 13.8 Å². The highest BCUT2D eigenvalue weighted by atomic mass is 32.2. The number of sulfone groups is 1. The molecule has 0 saturated carbocycles. The molecule has 2 unspecified atom stereocenters. The van der Waals surface area contributed by atoms with Gasteiger partial charge in [0.25, 0.3) is 0 Å². The van der Waals surface area contributed by atoms with Crippen LogP contribution >= 0.6 is 0 Å². The van der Waals surface area contributed by atoms with Crippen molar-refractivity contribution in [3.05, 3.63) is 28.8 Å². The highest BCUT2D eigenvalue weighted by Gasteiger charge is 2.28. The van der Waals surface area contributed by atoms with Crippen molar-refractivity contribution >= 4 is 9.84 Å². The van der Waals surface area contributed by atoms with Gasteiger partial charge in [-0.1, -0.05) is 6.07 Å². The van der Waals surface area contributed by atoms with E-state index in [4.69, 9.17) is 10.6 Å². The van der Waals surface area contributed by atoms with Crippen molar-refractivity contribution in [2.24, 2.45) is 5.84 Å². The van der Waals surface area contributed by atoms with Crippen molar-refractivity contribution in [3.8, 4) is 5.75 Å². The molecular formula is C13H22N2O3S. The van der Waals surface area contributed by atoms with Gasteiger partial charge in [0, 0.05) is 6.26 Å². The van der Waals surface area contributed by atoms with Crippen LogP contribution in [-0.4, -0.2) is 27.0 Å². The van der Waals surface area contributed by atoms with Gasteiger partial charge in [-0.25, -0.2) is 8.42 Å². The van der Waals surface area contributed by atoms with Gasteiger partial charge in [0.05, 0.1) is 18.4 Å². The lowest BCUT2D eigenvalue weighted by molar-refractivity contribution is 0.410. The molecule has 0 aliphatic heterocycles. The summed E-state index contributed by atoms with van der Waals surface area (Å²) in [5, 5.41) is -0.607. The van der Waals surface area contributed by atoms with Crippen LogP contribution in [0.5, 0.6) is 5.75 Å². The second-order valence-electron chi connectivity index (χ2n) is 4.86. The number of ether oxygens (including phenoxy) is 1. The van der Waals surface area contributed by atoms with Crippen molar-refractivity contribution < 1.29 is 13.2 Å². The van der Waals surface area contributed by atoms with Gasteiger partial charge in [0.2, 0.25) is 0 Å². The summed E-state index contributed by atoms with van der Waals surface area (Å²) in [6, 6.07) is 3.37. The van der Waals surface area contributed by atoms with Gasteiger partial charge in [-0.15, -0.1) is 0 Å². The molecule has 0 radical (unpaired) electrons. The van der Waals surface area contributed by atoms with Crippen molar-refractivity contribution in [1.82, 2.24) is 5.43 Å². The number of hydrazine groups is 1. The highest BCUT2D eigenvalue weighted by molar-refractivity contribution is 7.91. The second-order valence-corrected chi connectivity index (χ2v) is 7.26. The third-order valence-electron chi connectivity index (χ3n) is 3.44. The van der Waals surface area contributed by atoms with Crippen LogP contribution in [0.1, 0.15) is 29.7 Å². The number of nitrogens with two attached hydrogens (primary N) is 1. The van der Waals surface area contributed by atoms with Crippen LogP contribution < -0.4 is 16.0 Å². The molecule has 2 atom stereocenters. The van der Waals surface area contributed by atoms with E-state index < -0.39 is 21.1 Å². The topological polar surface area (TPSA) is 81.4 Å². The zero-order chi connectivity index (χ0) is 14.8. The van der Waals surface area contributed by atoms with E-state index in [2.05, 4.69) is 5.43 Å². The Morgan fingerprint density at radius 3 is 2.26 bits per heavy atom. The summed E-state index contributed by atoms with van der Waals surface area (Å²) < 4.78 is 28.7. The van der Waals surface area contributed by atoms with E-state index in [1.807, 2.05) is 26.0 Å². The molecule has 0 aliphatic carbocycles. The average Bonchev–Trinajstić information content (AvgIpc) is 2.32. The molecule has 0 heterocycles. The van der Waals surface area contributed by atoms with Gasteiger partial charge in [0.1, 0.15) is 5.75 Å². The number of methoxy groups -OCH3 is 1. The fourth-order valence-electron chi connectivity index (χ4n) is 2.09. The molecule has 0 aliphatic rings. The molecule has 3 N–H and O–H groups in total. The maximum Gasteiger partial charge on any atom is 0.151 e. The van der Waals surface area contributed by atoms with E-state index in [1.165, 1.54) is 6.26 Å². The minimum atomic E-state index is -3.18. The van der Waals surface area contributed by atoms with Gasteiger partial charge >= 0.3 is 0 Å². The smallest absolute Gasteiger partial charge is 0.151 e. The van der Waals surface area contributed by atoms with Crippen LogP contribution in [0.15, 0.2) is 12.1 Å². The molecule has 0 bridgehead atoms. The predicted molar refractivity (Wildman–Crippen MR) is 76.8 cm³/mol. The number of benzene rings is 1. The Balaban J connectivity index is 3.31. The van der Waals surface area contributed by atoms with Crippen molar-refractivity contribution in [1.29, 1.82) is 0 Å². The van der Waals surface area contributed by atoms with Crippen LogP contribution in [0.2, 0.25) is 0 Å². The Morgan fingerprint density at radius 1 is 1.26 bits per heavy atom. The first-order chi connectivity index (χ1) is 8.72. The zero-order valence-corrected chi connectivity index (χ0v) is 12.8. The number of aryl methyl sites for hydroxylation is 2. The number of rotatable bonds is 5. The molecule has 1 aromatic rings. The standard InChI is InChI=1S/C13H22N2O3S/c1-8-7-12(18-4)9(2)6-11(8)13(15-14)10(3)19(5,16)17/h6-7,10,13,15H,14H2,1-5H3. The van der Waals surface area contributed by atoms with Crippen LogP contribution in [0.25, 0.3) is 0 Å². The molecular weight excluding hydrogens is 264 g/mol. The van der Waals surface area contributed by atoms with Crippen molar-refractivity contribution in [2.75, 3.05) is 13.4 Å². The van der Waals surface area contributed by atoms with Crippen molar-refractivity contribution in [2.45, 2.75) is 32.1 Å². The molecule has 0 spiro atoms. The largest absolute Gasteiger partial charge is 0.496 e. The fraction of sp³-hybridized carbons (Fsp3) is 0.538. The van der Waals surface area contributed by atoms with E-state index in [1.54, 1.807) is 14.0 Å². The first kappa shape index (κ1) is 15.9. The summed E-state index contributed by atoms with van der Waals surface area (Å²) >= 11 is 0. The first-order valence-electron chi connectivity index (χ1n) is 6.02. The summed E-state index contributed by atoms with van der Waals surface area (Å²) in [7, 11) is -1.57. The maximum absolute atomic E-state index is 11.7. The molecule has 0 fully saturated rings. The molecule has 0 aromatic heterocycles. The maximum atomic E-state index is 11.7. The third-order valence-corrected chi connectivity index (χ3v) is 5.07. The van der Waals surface area contributed by atoms with Crippen LogP contribution in [0.4, 0.5) is 0 Å². The van der Waals surface area contributed by atoms with Crippen LogP contribution in [-0.2, 0) is 9.84 Å². The Labute approximate surface area is 115 Å². The minimum absolute atomic E-state index is 0.445. The summed E-state index contributed by atoms with van der Waals surface area (Å²) in [6.07, 6.45) is 1.22. The molecule has 0 saturated heterocycles. The summed E-state index contributed by atoms with van der Waals surface area (Å²) in [5.74, 6) is 6.33. The second kappa shape index (κ2) is 5.90. The molecule has 1 aromatic carbocycles. The van der Waals surface area contributed by atoms with E-state index in [0.29, 0.717) is 0 Å². The normalized spacial score (nSPS) is 15.1. The number of hydrogen-bond acceptors (Lipinski definition) is 5. The Morgan fingerprint density at radius 2 is 1.84 bits per heavy atom. The molecule has 6 heteroatoms. The number of nitrogens with one attached hydrogen (secondary N) is 1. The highest BCUT2D eigenvalue weighted by Crippen LogP contribution is 2.29.